The molecule has 3 aromatic heterocycles. The molecule has 0 aliphatic carbocycles. The number of carbonyl (C=O) groups excluding carboxylic acids is 1. The number of morpholine rings is 1. The van der Waals surface area contributed by atoms with Crippen LogP contribution in [0.5, 0.6) is 0 Å². The number of benzene rings is 2. The normalized spacial score (nSPS) is 15.9. The second kappa shape index (κ2) is 13.0. The minimum absolute atomic E-state index is 0.0311. The van der Waals surface area contributed by atoms with E-state index in [0.717, 1.165) is 46.6 Å². The molecule has 2 aromatic carbocycles. The van der Waals surface area contributed by atoms with Crippen LogP contribution in [0.25, 0.3) is 27.4 Å². The molecule has 0 unspecified atom stereocenters. The number of hydrogen-bond donors (Lipinski definition) is 2. The molecule has 0 saturated carbocycles. The number of nitrogens with zero attached hydrogens (tertiary/aromatic N) is 7. The van der Waals surface area contributed by atoms with E-state index in [4.69, 9.17) is 26.3 Å². The Balaban J connectivity index is 1.28. The first-order valence-electron chi connectivity index (χ1n) is 15.5. The van der Waals surface area contributed by atoms with Gasteiger partial charge in [-0.25, -0.2) is 4.98 Å². The third kappa shape index (κ3) is 6.20. The topological polar surface area (TPSA) is 122 Å². The van der Waals surface area contributed by atoms with Crippen LogP contribution in [0.15, 0.2) is 41.2 Å². The number of anilines is 3. The Morgan fingerprint density at radius 3 is 2.54 bits per heavy atom. The van der Waals surface area contributed by atoms with E-state index in [0.29, 0.717) is 68.6 Å². The van der Waals surface area contributed by atoms with Gasteiger partial charge in [-0.2, -0.15) is 22.7 Å². The molecule has 0 spiro atoms. The zero-order chi connectivity index (χ0) is 33.6. The van der Waals surface area contributed by atoms with Crippen LogP contribution in [0.4, 0.5) is 29.7 Å². The third-order valence-electron chi connectivity index (χ3n) is 8.38. The van der Waals surface area contributed by atoms with Crippen LogP contribution in [0.1, 0.15) is 18.2 Å². The Labute approximate surface area is 281 Å². The summed E-state index contributed by atoms with van der Waals surface area (Å²) >= 11 is 7.69. The maximum absolute atomic E-state index is 14.1. The van der Waals surface area contributed by atoms with Gasteiger partial charge in [0.2, 0.25) is 11.7 Å². The zero-order valence-electron chi connectivity index (χ0n) is 25.8. The average molecular weight is 702 g/mol. The van der Waals surface area contributed by atoms with E-state index < -0.39 is 17.6 Å². The quantitative estimate of drug-likeness (QED) is 0.256. The standard InChI is InChI=1S/C31H31ClF3N9O3S/c1-2-23-26(41-9-7-36-8-10-41)28(46)44-29(43(23)17-25(45)37-21-6-4-19(16-20(21)32)31(33,34)35)39-27(40-44)18-3-5-22-24(15-18)48-30(38-22)42-11-13-47-14-12-42/h3-6,15-16,36H,2,7-14,17H2,1H3,(H,37,45). The highest BCUT2D eigenvalue weighted by atomic mass is 35.5. The number of amides is 1. The number of alkyl halides is 3. The Hall–Kier alpha value is -4.25. The smallest absolute Gasteiger partial charge is 0.378 e. The molecule has 17 heteroatoms. The number of halogens is 4. The van der Waals surface area contributed by atoms with Crippen molar-refractivity contribution in [2.24, 2.45) is 0 Å². The van der Waals surface area contributed by atoms with Gasteiger partial charge in [0, 0.05) is 44.8 Å². The fraction of sp³-hybridized carbons (Fsp3) is 0.387. The number of rotatable bonds is 7. The Kier molecular flexibility index (Phi) is 8.74. The van der Waals surface area contributed by atoms with Crippen LogP contribution >= 0.6 is 22.9 Å². The van der Waals surface area contributed by atoms with E-state index in [9.17, 15) is 22.8 Å². The molecule has 1 amide bonds. The first kappa shape index (κ1) is 32.3. The molecule has 5 heterocycles. The number of thiazole rings is 1. The van der Waals surface area contributed by atoms with Crippen molar-refractivity contribution in [1.29, 1.82) is 0 Å². The summed E-state index contributed by atoms with van der Waals surface area (Å²) < 4.78 is 48.8. The van der Waals surface area contributed by atoms with Crippen LogP contribution < -0.4 is 26.0 Å². The molecule has 12 nitrogen and oxygen atoms in total. The molecule has 2 aliphatic rings. The average Bonchev–Trinajstić information content (AvgIpc) is 3.72. The highest BCUT2D eigenvalue weighted by molar-refractivity contribution is 7.22. The third-order valence-corrected chi connectivity index (χ3v) is 9.77. The SMILES string of the molecule is CCc1c(N2CCNCC2)c(=O)n2nc(-c3ccc4nc(N5CCOCC5)sc4c3)nc2n1CC(=O)Nc1ccc(C(F)(F)F)cc1Cl. The lowest BCUT2D eigenvalue weighted by atomic mass is 10.2. The van der Waals surface area contributed by atoms with E-state index in [1.165, 1.54) is 4.52 Å². The van der Waals surface area contributed by atoms with Gasteiger partial charge in [-0.05, 0) is 42.8 Å². The number of nitrogens with one attached hydrogen (secondary N) is 2. The van der Waals surface area contributed by atoms with Crippen LogP contribution in [0.2, 0.25) is 5.02 Å². The molecule has 0 atom stereocenters. The largest absolute Gasteiger partial charge is 0.416 e. The van der Waals surface area contributed by atoms with Gasteiger partial charge in [0.1, 0.15) is 12.2 Å². The van der Waals surface area contributed by atoms with Crippen LogP contribution in [0.3, 0.4) is 0 Å². The van der Waals surface area contributed by atoms with Gasteiger partial charge in [0.15, 0.2) is 11.0 Å². The van der Waals surface area contributed by atoms with Gasteiger partial charge in [-0.15, -0.1) is 5.10 Å². The number of piperazine rings is 1. The van der Waals surface area contributed by atoms with Gasteiger partial charge < -0.3 is 29.7 Å². The van der Waals surface area contributed by atoms with Crippen molar-refractivity contribution in [1.82, 2.24) is 29.5 Å². The summed E-state index contributed by atoms with van der Waals surface area (Å²) in [6.45, 7) is 6.93. The number of ether oxygens (including phenoxy) is 1. The van der Waals surface area contributed by atoms with Crippen molar-refractivity contribution in [2.75, 3.05) is 67.6 Å². The lowest BCUT2D eigenvalue weighted by Gasteiger charge is -2.31. The Morgan fingerprint density at radius 1 is 1.06 bits per heavy atom. The maximum atomic E-state index is 14.1. The number of hydrogen-bond acceptors (Lipinski definition) is 10. The number of carbonyl (C=O) groups is 1. The van der Waals surface area contributed by atoms with E-state index in [1.807, 2.05) is 30.0 Å². The summed E-state index contributed by atoms with van der Waals surface area (Å²) in [7, 11) is 0. The summed E-state index contributed by atoms with van der Waals surface area (Å²) in [6, 6.07) is 8.43. The molecule has 2 N–H and O–H groups in total. The molecule has 5 aromatic rings. The van der Waals surface area contributed by atoms with Crippen molar-refractivity contribution in [2.45, 2.75) is 26.1 Å². The summed E-state index contributed by atoms with van der Waals surface area (Å²) in [4.78, 5) is 41.3. The molecule has 48 heavy (non-hydrogen) atoms. The molecule has 2 aliphatic heterocycles. The molecule has 2 saturated heterocycles. The molecular weight excluding hydrogens is 671 g/mol. The van der Waals surface area contributed by atoms with Crippen molar-refractivity contribution in [3.8, 4) is 11.4 Å². The number of fused-ring (bicyclic) bond motifs is 2. The lowest BCUT2D eigenvalue weighted by molar-refractivity contribution is -0.137. The highest BCUT2D eigenvalue weighted by Gasteiger charge is 2.31. The molecule has 252 valence electrons. The van der Waals surface area contributed by atoms with Gasteiger partial charge in [0.25, 0.3) is 5.56 Å². The zero-order valence-corrected chi connectivity index (χ0v) is 27.4. The van der Waals surface area contributed by atoms with Crippen molar-refractivity contribution >= 4 is 61.3 Å². The van der Waals surface area contributed by atoms with Gasteiger partial charge in [-0.1, -0.05) is 29.9 Å². The fourth-order valence-electron chi connectivity index (χ4n) is 6.01. The molecule has 2 fully saturated rings. The second-order valence-corrected chi connectivity index (χ2v) is 12.9. The predicted octanol–water partition coefficient (Wildman–Crippen LogP) is 4.29. The molecule has 7 rings (SSSR count). The summed E-state index contributed by atoms with van der Waals surface area (Å²) in [5.74, 6) is -0.0953. The van der Waals surface area contributed by atoms with Crippen molar-refractivity contribution in [3.63, 3.8) is 0 Å². The monoisotopic (exact) mass is 701 g/mol. The van der Waals surface area contributed by atoms with E-state index in [2.05, 4.69) is 20.6 Å². The first-order valence-corrected chi connectivity index (χ1v) is 16.7. The van der Waals surface area contributed by atoms with Crippen molar-refractivity contribution < 1.29 is 22.7 Å². The van der Waals surface area contributed by atoms with E-state index in [-0.39, 0.29) is 28.6 Å². The minimum atomic E-state index is -4.58. The van der Waals surface area contributed by atoms with Crippen molar-refractivity contribution in [3.05, 3.63) is 63.0 Å². The Morgan fingerprint density at radius 2 is 1.83 bits per heavy atom. The van der Waals surface area contributed by atoms with E-state index >= 15 is 0 Å². The maximum Gasteiger partial charge on any atom is 0.416 e. The van der Waals surface area contributed by atoms with E-state index in [1.54, 1.807) is 15.9 Å². The van der Waals surface area contributed by atoms with Gasteiger partial charge in [0.05, 0.1) is 45.4 Å². The highest BCUT2D eigenvalue weighted by Crippen LogP contribution is 2.35. The van der Waals surface area contributed by atoms with Gasteiger partial charge in [-0.3, -0.25) is 9.59 Å². The van der Waals surface area contributed by atoms with Crippen LogP contribution in [0, 0.1) is 0 Å². The van der Waals surface area contributed by atoms with Crippen LogP contribution in [-0.4, -0.2) is 82.5 Å². The summed E-state index contributed by atoms with van der Waals surface area (Å²) in [6.07, 6.45) is -4.18. The molecular formula is C31H31ClF3N9O3S. The Bertz CT molecular complexity index is 2070. The number of aromatic nitrogens is 5. The van der Waals surface area contributed by atoms with Crippen LogP contribution in [-0.2, 0) is 28.7 Å². The first-order chi connectivity index (χ1) is 23.1. The van der Waals surface area contributed by atoms with Gasteiger partial charge >= 0.3 is 6.18 Å². The lowest BCUT2D eigenvalue weighted by Crippen LogP contribution is -2.47. The summed E-state index contributed by atoms with van der Waals surface area (Å²) in [5, 5.41) is 11.2. The predicted molar refractivity (Wildman–Crippen MR) is 178 cm³/mol. The minimum Gasteiger partial charge on any atom is -0.378 e. The fourth-order valence-corrected chi connectivity index (χ4v) is 7.29. The molecule has 0 radical (unpaired) electrons. The molecule has 0 bridgehead atoms. The second-order valence-electron chi connectivity index (χ2n) is 11.4. The summed E-state index contributed by atoms with van der Waals surface area (Å²) in [5.41, 5.74) is 1.29.